The molecular weight excluding hydrogens is 662 g/mol. The Bertz CT molecular complexity index is 1810. The van der Waals surface area contributed by atoms with Crippen molar-refractivity contribution in [2.24, 2.45) is 0 Å². The molecule has 10 nitrogen and oxygen atoms in total. The topological polar surface area (TPSA) is 118 Å². The highest BCUT2D eigenvalue weighted by Gasteiger charge is 2.31. The summed E-state index contributed by atoms with van der Waals surface area (Å²) in [5.41, 5.74) is 4.26. The fourth-order valence-corrected chi connectivity index (χ4v) is 7.42. The zero-order chi connectivity index (χ0) is 32.4. The van der Waals surface area contributed by atoms with Crippen LogP contribution in [0.1, 0.15) is 43.5 Å². The Kier molecular flexibility index (Phi) is 9.94. The largest absolute Gasteiger partial charge is 0.495 e. The highest BCUT2D eigenvalue weighted by molar-refractivity contribution is 7.98. The van der Waals surface area contributed by atoms with Crippen molar-refractivity contribution in [2.75, 3.05) is 20.2 Å². The van der Waals surface area contributed by atoms with Gasteiger partial charge in [0.1, 0.15) is 17.4 Å². The van der Waals surface area contributed by atoms with E-state index in [1.807, 2.05) is 35.3 Å². The molecule has 0 bridgehead atoms. The predicted molar refractivity (Wildman–Crippen MR) is 172 cm³/mol. The fourth-order valence-electron chi connectivity index (χ4n) is 4.93. The lowest BCUT2D eigenvalue weighted by Gasteiger charge is -2.27. The molecule has 3 heterocycles. The number of ether oxygens (including phenoxy) is 1. The third-order valence-corrected chi connectivity index (χ3v) is 10.5. The number of carbonyl (C=O) groups is 1. The number of amides is 2. The summed E-state index contributed by atoms with van der Waals surface area (Å²) in [6.07, 6.45) is 4.74. The van der Waals surface area contributed by atoms with Gasteiger partial charge in [0, 0.05) is 29.3 Å². The van der Waals surface area contributed by atoms with Gasteiger partial charge in [-0.05, 0) is 60.4 Å². The molecule has 0 radical (unpaired) electrons. The maximum absolute atomic E-state index is 13.8. The summed E-state index contributed by atoms with van der Waals surface area (Å²) in [5.74, 6) is 0.854. The molecule has 2 N–H and O–H groups in total. The van der Waals surface area contributed by atoms with Gasteiger partial charge in [-0.25, -0.2) is 37.3 Å². The molecule has 0 unspecified atom stereocenters. The highest BCUT2D eigenvalue weighted by Crippen LogP contribution is 2.39. The Morgan fingerprint density at radius 2 is 1.80 bits per heavy atom. The number of thioether (sulfide) groups is 1. The fraction of sp³-hybridized carbons (Fsp3) is 0.300. The van der Waals surface area contributed by atoms with Gasteiger partial charge in [0.25, 0.3) is 10.0 Å². The van der Waals surface area contributed by atoms with E-state index in [0.717, 1.165) is 30.3 Å². The molecule has 0 aliphatic carbocycles. The summed E-state index contributed by atoms with van der Waals surface area (Å²) in [6.45, 7) is 5.37. The zero-order valence-corrected chi connectivity index (χ0v) is 27.8. The normalized spacial score (nSPS) is 14.0. The van der Waals surface area contributed by atoms with Gasteiger partial charge in [-0.2, -0.15) is 0 Å². The number of urea groups is 1. The summed E-state index contributed by atoms with van der Waals surface area (Å²) in [6, 6.07) is 11.9. The van der Waals surface area contributed by atoms with E-state index in [0.29, 0.717) is 46.2 Å². The standard InChI is InChI=1S/C30H31Cl2FN6O4S2/c1-30(2,20-7-10-23(31)25(14-20)43-3)26-17-35-29(39(26)27-11-8-21(33)16-34-27)44-18-19-6-9-22(15-24(19)32)45(41,42)37-28(40)36-38-12-4-5-13-38/h6-11,14-17H,4-5,12-13,18H2,1-3H3,(H2,36,37,40). The minimum absolute atomic E-state index is 0.141. The molecule has 4 aromatic rings. The van der Waals surface area contributed by atoms with Crippen molar-refractivity contribution in [3.05, 3.63) is 93.6 Å². The van der Waals surface area contributed by atoms with Crippen molar-refractivity contribution in [1.29, 1.82) is 0 Å². The molecule has 45 heavy (non-hydrogen) atoms. The quantitative estimate of drug-likeness (QED) is 0.185. The molecule has 1 aliphatic rings. The predicted octanol–water partition coefficient (Wildman–Crippen LogP) is 6.34. The zero-order valence-electron chi connectivity index (χ0n) is 24.7. The third-order valence-electron chi connectivity index (χ3n) is 7.47. The van der Waals surface area contributed by atoms with Crippen LogP contribution in [0.5, 0.6) is 5.75 Å². The third kappa shape index (κ3) is 7.39. The molecule has 1 saturated heterocycles. The van der Waals surface area contributed by atoms with Crippen LogP contribution in [-0.4, -0.2) is 54.2 Å². The first-order valence-electron chi connectivity index (χ1n) is 13.9. The van der Waals surface area contributed by atoms with E-state index < -0.39 is 27.3 Å². The summed E-state index contributed by atoms with van der Waals surface area (Å²) in [7, 11) is -2.60. The number of pyridine rings is 1. The van der Waals surface area contributed by atoms with Crippen LogP contribution in [-0.2, 0) is 21.2 Å². The van der Waals surface area contributed by atoms with Gasteiger partial charge in [0.05, 0.1) is 35.1 Å². The van der Waals surface area contributed by atoms with E-state index in [-0.39, 0.29) is 9.92 Å². The Labute approximate surface area is 275 Å². The first-order valence-corrected chi connectivity index (χ1v) is 17.2. The molecule has 1 aliphatic heterocycles. The van der Waals surface area contributed by atoms with Crippen molar-refractivity contribution in [3.8, 4) is 11.6 Å². The summed E-state index contributed by atoms with van der Waals surface area (Å²) >= 11 is 14.2. The van der Waals surface area contributed by atoms with Gasteiger partial charge in [0.2, 0.25) is 0 Å². The van der Waals surface area contributed by atoms with Crippen LogP contribution < -0.4 is 14.9 Å². The van der Waals surface area contributed by atoms with E-state index in [2.05, 4.69) is 15.4 Å². The lowest BCUT2D eigenvalue weighted by Crippen LogP contribution is -2.47. The second kappa shape index (κ2) is 13.6. The van der Waals surface area contributed by atoms with Crippen LogP contribution in [0.15, 0.2) is 71.0 Å². The monoisotopic (exact) mass is 692 g/mol. The smallest absolute Gasteiger partial charge is 0.343 e. The minimum atomic E-state index is -4.15. The minimum Gasteiger partial charge on any atom is -0.495 e. The van der Waals surface area contributed by atoms with E-state index in [1.54, 1.807) is 36.5 Å². The van der Waals surface area contributed by atoms with Crippen LogP contribution in [0, 0.1) is 5.82 Å². The van der Waals surface area contributed by atoms with Crippen molar-refractivity contribution in [1.82, 2.24) is 29.7 Å². The van der Waals surface area contributed by atoms with Crippen molar-refractivity contribution in [2.45, 2.75) is 47.9 Å². The van der Waals surface area contributed by atoms with Gasteiger partial charge >= 0.3 is 6.03 Å². The van der Waals surface area contributed by atoms with E-state index in [9.17, 15) is 17.6 Å². The number of benzene rings is 2. The number of nitrogens with zero attached hydrogens (tertiary/aromatic N) is 4. The first kappa shape index (κ1) is 33.0. The molecule has 5 rings (SSSR count). The number of imidazole rings is 1. The van der Waals surface area contributed by atoms with Crippen LogP contribution in [0.2, 0.25) is 10.0 Å². The Morgan fingerprint density at radius 1 is 1.04 bits per heavy atom. The Morgan fingerprint density at radius 3 is 2.47 bits per heavy atom. The summed E-state index contributed by atoms with van der Waals surface area (Å²) in [5, 5.41) is 2.92. The average molecular weight is 694 g/mol. The molecular formula is C30H31Cl2FN6O4S2. The first-order chi connectivity index (χ1) is 21.4. The number of aromatic nitrogens is 3. The molecule has 0 spiro atoms. The van der Waals surface area contributed by atoms with Crippen molar-refractivity contribution in [3.63, 3.8) is 0 Å². The van der Waals surface area contributed by atoms with Crippen LogP contribution >= 0.6 is 35.0 Å². The second-order valence-corrected chi connectivity index (χ2v) is 14.3. The van der Waals surface area contributed by atoms with Gasteiger partial charge in [-0.1, -0.05) is 60.9 Å². The Balaban J connectivity index is 1.40. The van der Waals surface area contributed by atoms with Crippen molar-refractivity contribution < 1.29 is 22.3 Å². The van der Waals surface area contributed by atoms with Gasteiger partial charge < -0.3 is 4.74 Å². The highest BCUT2D eigenvalue weighted by atomic mass is 35.5. The number of nitrogens with one attached hydrogen (secondary N) is 2. The molecule has 238 valence electrons. The number of halogens is 3. The number of carbonyl (C=O) groups excluding carboxylic acids is 1. The van der Waals surface area contributed by atoms with E-state index in [1.165, 1.54) is 30.0 Å². The van der Waals surface area contributed by atoms with Gasteiger partial charge in [0.15, 0.2) is 5.16 Å². The molecule has 0 atom stereocenters. The SMILES string of the molecule is COc1cc(C(C)(C)c2cnc(SCc3ccc(S(=O)(=O)NC(=O)NN4CCCC4)cc3Cl)n2-c2ccc(F)cn2)ccc1Cl. The molecule has 2 aromatic heterocycles. The maximum Gasteiger partial charge on any atom is 0.343 e. The average Bonchev–Trinajstić information content (AvgIpc) is 3.67. The number of rotatable bonds is 10. The molecule has 15 heteroatoms. The number of hydrogen-bond donors (Lipinski definition) is 2. The molecule has 2 amide bonds. The van der Waals surface area contributed by atoms with E-state index in [4.69, 9.17) is 27.9 Å². The summed E-state index contributed by atoms with van der Waals surface area (Å²) < 4.78 is 48.8. The maximum atomic E-state index is 13.8. The number of sulfonamides is 1. The number of hydrogen-bond acceptors (Lipinski definition) is 8. The molecule has 1 fully saturated rings. The van der Waals surface area contributed by atoms with Crippen molar-refractivity contribution >= 4 is 51.0 Å². The molecule has 2 aromatic carbocycles. The summed E-state index contributed by atoms with van der Waals surface area (Å²) in [4.78, 5) is 21.1. The van der Waals surface area contributed by atoms with E-state index >= 15 is 0 Å². The molecule has 0 saturated carbocycles. The lowest BCUT2D eigenvalue weighted by atomic mass is 9.81. The van der Waals surface area contributed by atoms with Crippen LogP contribution in [0.4, 0.5) is 9.18 Å². The van der Waals surface area contributed by atoms with Gasteiger partial charge in [-0.3, -0.25) is 9.99 Å². The second-order valence-electron chi connectivity index (χ2n) is 10.9. The number of hydrazine groups is 1. The Hall–Kier alpha value is -3.36. The number of methoxy groups -OCH3 is 1. The van der Waals surface area contributed by atoms with Crippen LogP contribution in [0.3, 0.4) is 0 Å². The van der Waals surface area contributed by atoms with Crippen LogP contribution in [0.25, 0.3) is 5.82 Å². The van der Waals surface area contributed by atoms with Gasteiger partial charge in [-0.15, -0.1) is 0 Å². The lowest BCUT2D eigenvalue weighted by molar-refractivity contribution is 0.202.